The van der Waals surface area contributed by atoms with Crippen LogP contribution in [0.5, 0.6) is 0 Å². The van der Waals surface area contributed by atoms with E-state index in [0.717, 1.165) is 10.9 Å². The number of carboxylic acid groups (broad SMARTS) is 1. The van der Waals surface area contributed by atoms with Crippen LogP contribution in [0.1, 0.15) is 12.5 Å². The SMILES string of the molecule is C=CCN(CC(=O)O)C(C)Cc1ccc(Br)cc1. The van der Waals surface area contributed by atoms with E-state index in [9.17, 15) is 4.79 Å². The second-order valence-electron chi connectivity index (χ2n) is 4.29. The molecule has 1 aromatic rings. The molecule has 1 N–H and O–H groups in total. The van der Waals surface area contributed by atoms with Crippen molar-refractivity contribution in [3.63, 3.8) is 0 Å². The van der Waals surface area contributed by atoms with E-state index in [0.29, 0.717) is 6.54 Å². The molecule has 0 bridgehead atoms. The molecule has 0 heterocycles. The standard InChI is InChI=1S/C14H18BrNO2/c1-3-8-16(10-14(17)18)11(2)9-12-4-6-13(15)7-5-12/h3-7,11H,1,8-10H2,2H3,(H,17,18). The van der Waals surface area contributed by atoms with E-state index in [4.69, 9.17) is 5.11 Å². The van der Waals surface area contributed by atoms with Crippen LogP contribution in [0.3, 0.4) is 0 Å². The Kier molecular flexibility index (Phi) is 6.09. The first-order valence-corrected chi connectivity index (χ1v) is 6.63. The lowest BCUT2D eigenvalue weighted by Crippen LogP contribution is -2.38. The highest BCUT2D eigenvalue weighted by Gasteiger charge is 2.15. The molecule has 0 aliphatic heterocycles. The van der Waals surface area contributed by atoms with Crippen LogP contribution in [-0.2, 0) is 11.2 Å². The van der Waals surface area contributed by atoms with Gasteiger partial charge in [0, 0.05) is 17.1 Å². The largest absolute Gasteiger partial charge is 0.480 e. The van der Waals surface area contributed by atoms with E-state index in [1.165, 1.54) is 5.56 Å². The summed E-state index contributed by atoms with van der Waals surface area (Å²) >= 11 is 3.40. The molecule has 0 saturated heterocycles. The quantitative estimate of drug-likeness (QED) is 0.787. The van der Waals surface area contributed by atoms with E-state index in [2.05, 4.69) is 22.5 Å². The highest BCUT2D eigenvalue weighted by molar-refractivity contribution is 9.10. The van der Waals surface area contributed by atoms with Gasteiger partial charge in [-0.05, 0) is 31.0 Å². The molecule has 0 saturated carbocycles. The van der Waals surface area contributed by atoms with Crippen molar-refractivity contribution in [3.05, 3.63) is 47.0 Å². The van der Waals surface area contributed by atoms with Crippen LogP contribution >= 0.6 is 15.9 Å². The van der Waals surface area contributed by atoms with Crippen molar-refractivity contribution >= 4 is 21.9 Å². The van der Waals surface area contributed by atoms with Crippen molar-refractivity contribution in [2.75, 3.05) is 13.1 Å². The van der Waals surface area contributed by atoms with Crippen LogP contribution < -0.4 is 0 Å². The molecule has 1 atom stereocenters. The zero-order valence-electron chi connectivity index (χ0n) is 10.5. The topological polar surface area (TPSA) is 40.5 Å². The Balaban J connectivity index is 2.65. The Labute approximate surface area is 116 Å². The number of hydrogen-bond donors (Lipinski definition) is 1. The van der Waals surface area contributed by atoms with Crippen LogP contribution in [0, 0.1) is 0 Å². The van der Waals surface area contributed by atoms with Gasteiger partial charge < -0.3 is 5.11 Å². The Morgan fingerprint density at radius 2 is 2.11 bits per heavy atom. The minimum Gasteiger partial charge on any atom is -0.480 e. The summed E-state index contributed by atoms with van der Waals surface area (Å²) in [6.45, 7) is 6.34. The molecule has 18 heavy (non-hydrogen) atoms. The lowest BCUT2D eigenvalue weighted by molar-refractivity contribution is -0.138. The van der Waals surface area contributed by atoms with Gasteiger partial charge in [0.2, 0.25) is 0 Å². The molecule has 0 radical (unpaired) electrons. The van der Waals surface area contributed by atoms with Crippen LogP contribution in [0.15, 0.2) is 41.4 Å². The molecule has 0 aliphatic carbocycles. The van der Waals surface area contributed by atoms with Crippen molar-refractivity contribution in [1.29, 1.82) is 0 Å². The predicted octanol–water partition coefficient (Wildman–Crippen LogP) is 2.95. The second kappa shape index (κ2) is 7.34. The van der Waals surface area contributed by atoms with Gasteiger partial charge in [-0.3, -0.25) is 9.69 Å². The van der Waals surface area contributed by atoms with Gasteiger partial charge in [-0.25, -0.2) is 0 Å². The number of hydrogen-bond acceptors (Lipinski definition) is 2. The van der Waals surface area contributed by atoms with E-state index in [1.54, 1.807) is 6.08 Å². The summed E-state index contributed by atoms with van der Waals surface area (Å²) in [4.78, 5) is 12.7. The fourth-order valence-corrected chi connectivity index (χ4v) is 2.09. The molecule has 98 valence electrons. The molecule has 3 nitrogen and oxygen atoms in total. The Bertz CT molecular complexity index is 403. The van der Waals surface area contributed by atoms with E-state index < -0.39 is 5.97 Å². The van der Waals surface area contributed by atoms with Gasteiger partial charge in [0.15, 0.2) is 0 Å². The van der Waals surface area contributed by atoms with Crippen molar-refractivity contribution in [3.8, 4) is 0 Å². The number of carboxylic acids is 1. The maximum Gasteiger partial charge on any atom is 0.317 e. The molecule has 0 fully saturated rings. The highest BCUT2D eigenvalue weighted by Crippen LogP contribution is 2.13. The lowest BCUT2D eigenvalue weighted by atomic mass is 10.1. The third kappa shape index (κ3) is 5.02. The minimum atomic E-state index is -0.806. The van der Waals surface area contributed by atoms with Crippen molar-refractivity contribution in [2.24, 2.45) is 0 Å². The van der Waals surface area contributed by atoms with E-state index in [1.807, 2.05) is 36.1 Å². The van der Waals surface area contributed by atoms with Crippen LogP contribution in [0.4, 0.5) is 0 Å². The summed E-state index contributed by atoms with van der Waals surface area (Å²) < 4.78 is 1.05. The molecular formula is C14H18BrNO2. The number of nitrogens with zero attached hydrogens (tertiary/aromatic N) is 1. The molecule has 0 amide bonds. The smallest absolute Gasteiger partial charge is 0.317 e. The van der Waals surface area contributed by atoms with Crippen molar-refractivity contribution < 1.29 is 9.90 Å². The van der Waals surface area contributed by atoms with E-state index in [-0.39, 0.29) is 12.6 Å². The normalized spacial score (nSPS) is 12.4. The first kappa shape index (κ1) is 14.9. The number of carbonyl (C=O) groups is 1. The van der Waals surface area contributed by atoms with Crippen LogP contribution in [-0.4, -0.2) is 35.1 Å². The van der Waals surface area contributed by atoms with Crippen molar-refractivity contribution in [1.82, 2.24) is 4.90 Å². The average Bonchev–Trinajstić information content (AvgIpc) is 2.31. The predicted molar refractivity (Wildman–Crippen MR) is 76.7 cm³/mol. The molecule has 0 spiro atoms. The van der Waals surface area contributed by atoms with E-state index >= 15 is 0 Å². The van der Waals surface area contributed by atoms with Gasteiger partial charge in [-0.2, -0.15) is 0 Å². The minimum absolute atomic E-state index is 0.0454. The van der Waals surface area contributed by atoms with Crippen LogP contribution in [0.2, 0.25) is 0 Å². The molecule has 0 aromatic heterocycles. The zero-order chi connectivity index (χ0) is 13.5. The summed E-state index contributed by atoms with van der Waals surface area (Å²) in [6.07, 6.45) is 2.56. The zero-order valence-corrected chi connectivity index (χ0v) is 12.1. The number of aliphatic carboxylic acids is 1. The Morgan fingerprint density at radius 3 is 2.61 bits per heavy atom. The van der Waals surface area contributed by atoms with Crippen LogP contribution in [0.25, 0.3) is 0 Å². The first-order chi connectivity index (χ1) is 8.52. The number of halogens is 1. The van der Waals surface area contributed by atoms with Gasteiger partial charge in [-0.15, -0.1) is 6.58 Å². The lowest BCUT2D eigenvalue weighted by Gasteiger charge is -2.26. The summed E-state index contributed by atoms with van der Waals surface area (Å²) in [7, 11) is 0. The molecule has 4 heteroatoms. The fraction of sp³-hybridized carbons (Fsp3) is 0.357. The third-order valence-electron chi connectivity index (χ3n) is 2.77. The number of rotatable bonds is 7. The summed E-state index contributed by atoms with van der Waals surface area (Å²) in [5, 5.41) is 8.88. The Morgan fingerprint density at radius 1 is 1.50 bits per heavy atom. The Hall–Kier alpha value is -1.13. The summed E-state index contributed by atoms with van der Waals surface area (Å²) in [5.74, 6) is -0.806. The average molecular weight is 312 g/mol. The van der Waals surface area contributed by atoms with Gasteiger partial charge in [0.1, 0.15) is 0 Å². The van der Waals surface area contributed by atoms with Gasteiger partial charge in [-0.1, -0.05) is 34.1 Å². The maximum absolute atomic E-state index is 10.8. The fourth-order valence-electron chi connectivity index (χ4n) is 1.83. The monoisotopic (exact) mass is 311 g/mol. The van der Waals surface area contributed by atoms with Crippen molar-refractivity contribution in [2.45, 2.75) is 19.4 Å². The number of benzene rings is 1. The maximum atomic E-state index is 10.8. The first-order valence-electron chi connectivity index (χ1n) is 5.84. The third-order valence-corrected chi connectivity index (χ3v) is 3.30. The molecule has 0 aliphatic rings. The van der Waals surface area contributed by atoms with Gasteiger partial charge >= 0.3 is 5.97 Å². The molecule has 1 aromatic carbocycles. The molecular weight excluding hydrogens is 294 g/mol. The summed E-state index contributed by atoms with van der Waals surface area (Å²) in [6, 6.07) is 8.26. The molecule has 1 rings (SSSR count). The molecule has 1 unspecified atom stereocenters. The summed E-state index contributed by atoms with van der Waals surface area (Å²) in [5.41, 5.74) is 1.20. The highest BCUT2D eigenvalue weighted by atomic mass is 79.9. The van der Waals surface area contributed by atoms with Gasteiger partial charge in [0.25, 0.3) is 0 Å². The van der Waals surface area contributed by atoms with Gasteiger partial charge in [0.05, 0.1) is 6.54 Å². The second-order valence-corrected chi connectivity index (χ2v) is 5.21.